The number of allylic oxidation sites excluding steroid dienone is 4. The van der Waals surface area contributed by atoms with Gasteiger partial charge in [0.25, 0.3) is 11.4 Å². The lowest BCUT2D eigenvalue weighted by molar-refractivity contribution is -0.124. The maximum atomic E-state index is 13.5. The summed E-state index contributed by atoms with van der Waals surface area (Å²) < 4.78 is 43.4. The van der Waals surface area contributed by atoms with E-state index in [2.05, 4.69) is 20.8 Å². The fraction of sp³-hybridized carbons (Fsp3) is 0.250. The molecule has 3 N–H and O–H groups in total. The van der Waals surface area contributed by atoms with E-state index in [1.165, 1.54) is 49.2 Å². The Balaban J connectivity index is 1.76. The predicted molar refractivity (Wildman–Crippen MR) is 152 cm³/mol. The van der Waals surface area contributed by atoms with Gasteiger partial charge in [-0.3, -0.25) is 14.2 Å². The summed E-state index contributed by atoms with van der Waals surface area (Å²) in [7, 11) is 4.56. The highest BCUT2D eigenvalue weighted by atomic mass is 35.5. The predicted octanol–water partition coefficient (Wildman–Crippen LogP) is 4.44. The van der Waals surface area contributed by atoms with Crippen molar-refractivity contribution in [3.05, 3.63) is 87.4 Å². The SMILES string of the molecule is CN/C=C1/C=C(NC(=O)C(CCOC)n2cc(OC)c(-c3cc(Cl)ccc3-c3nnc(C(F)F)o3)cc2=O)C=CC1=N. The number of aromatic nitrogens is 3. The number of carbonyl (C=O) groups excluding carboxylic acids is 1. The van der Waals surface area contributed by atoms with E-state index in [4.69, 9.17) is 30.9 Å². The summed E-state index contributed by atoms with van der Waals surface area (Å²) in [5.74, 6) is -1.36. The summed E-state index contributed by atoms with van der Waals surface area (Å²) >= 11 is 6.25. The molecule has 11 nitrogen and oxygen atoms in total. The zero-order chi connectivity index (χ0) is 30.4. The number of amides is 1. The highest BCUT2D eigenvalue weighted by molar-refractivity contribution is 6.31. The molecule has 2 heterocycles. The van der Waals surface area contributed by atoms with Crippen molar-refractivity contribution >= 4 is 23.2 Å². The molecule has 0 spiro atoms. The van der Waals surface area contributed by atoms with Crippen LogP contribution in [0, 0.1) is 5.41 Å². The molecule has 0 bridgehead atoms. The number of alkyl halides is 2. The molecule has 1 amide bonds. The van der Waals surface area contributed by atoms with Gasteiger partial charge in [-0.2, -0.15) is 8.78 Å². The fourth-order valence-corrected chi connectivity index (χ4v) is 4.44. The third-order valence-corrected chi connectivity index (χ3v) is 6.48. The Morgan fingerprint density at radius 2 is 1.98 bits per heavy atom. The Morgan fingerprint density at radius 3 is 2.64 bits per heavy atom. The summed E-state index contributed by atoms with van der Waals surface area (Å²) in [6, 6.07) is 4.77. The van der Waals surface area contributed by atoms with Crippen molar-refractivity contribution in [3.8, 4) is 28.3 Å². The molecule has 220 valence electrons. The second-order valence-corrected chi connectivity index (χ2v) is 9.40. The summed E-state index contributed by atoms with van der Waals surface area (Å²) in [6.45, 7) is 0.168. The molecule has 0 fully saturated rings. The van der Waals surface area contributed by atoms with E-state index < -0.39 is 29.8 Å². The monoisotopic (exact) mass is 600 g/mol. The molecule has 0 saturated heterocycles. The highest BCUT2D eigenvalue weighted by Gasteiger charge is 2.26. The number of halogens is 3. The molecule has 1 aliphatic rings. The van der Waals surface area contributed by atoms with Crippen molar-refractivity contribution in [2.75, 3.05) is 27.9 Å². The summed E-state index contributed by atoms with van der Waals surface area (Å²) in [4.78, 5) is 27.0. The molecule has 42 heavy (non-hydrogen) atoms. The number of pyridine rings is 1. The maximum absolute atomic E-state index is 13.5. The number of methoxy groups -OCH3 is 2. The number of hydrogen-bond donors (Lipinski definition) is 3. The third kappa shape index (κ3) is 6.64. The van der Waals surface area contributed by atoms with Gasteiger partial charge in [-0.25, -0.2) is 0 Å². The van der Waals surface area contributed by atoms with Crippen molar-refractivity contribution in [1.29, 1.82) is 5.41 Å². The molecular formula is C28H27ClF2N6O5. The summed E-state index contributed by atoms with van der Waals surface area (Å²) in [5, 5.41) is 21.1. The van der Waals surface area contributed by atoms with E-state index in [1.54, 1.807) is 31.5 Å². The van der Waals surface area contributed by atoms with Crippen LogP contribution in [0.15, 0.2) is 75.4 Å². The zero-order valence-corrected chi connectivity index (χ0v) is 23.5. The lowest BCUT2D eigenvalue weighted by Crippen LogP contribution is -2.37. The number of nitrogens with one attached hydrogen (secondary N) is 3. The average molecular weight is 601 g/mol. The first kappa shape index (κ1) is 30.3. The molecule has 1 atom stereocenters. The second-order valence-electron chi connectivity index (χ2n) is 8.96. The smallest absolute Gasteiger partial charge is 0.314 e. The van der Waals surface area contributed by atoms with Crippen LogP contribution in [0.2, 0.25) is 5.02 Å². The van der Waals surface area contributed by atoms with Crippen LogP contribution in [-0.4, -0.2) is 54.3 Å². The number of nitrogens with zero attached hydrogens (tertiary/aromatic N) is 3. The fourth-order valence-electron chi connectivity index (χ4n) is 4.27. The molecule has 3 aromatic rings. The van der Waals surface area contributed by atoms with Crippen LogP contribution in [0.4, 0.5) is 8.78 Å². The van der Waals surface area contributed by atoms with Crippen molar-refractivity contribution < 1.29 is 27.5 Å². The van der Waals surface area contributed by atoms with Crippen molar-refractivity contribution in [1.82, 2.24) is 25.4 Å². The molecular weight excluding hydrogens is 574 g/mol. The van der Waals surface area contributed by atoms with Gasteiger partial charge in [-0.15, -0.1) is 10.2 Å². The van der Waals surface area contributed by atoms with Crippen LogP contribution in [0.25, 0.3) is 22.6 Å². The average Bonchev–Trinajstić information content (AvgIpc) is 3.46. The van der Waals surface area contributed by atoms with Crippen molar-refractivity contribution in [2.24, 2.45) is 0 Å². The van der Waals surface area contributed by atoms with E-state index in [1.807, 2.05) is 0 Å². The molecule has 0 saturated carbocycles. The van der Waals surface area contributed by atoms with Gasteiger partial charge in [0, 0.05) is 66.9 Å². The first-order valence-corrected chi connectivity index (χ1v) is 12.9. The number of rotatable bonds is 11. The van der Waals surface area contributed by atoms with Gasteiger partial charge in [-0.05, 0) is 42.0 Å². The van der Waals surface area contributed by atoms with Gasteiger partial charge in [0.15, 0.2) is 0 Å². The number of hydrogen-bond acceptors (Lipinski definition) is 9. The zero-order valence-electron chi connectivity index (χ0n) is 22.8. The largest absolute Gasteiger partial charge is 0.495 e. The second kappa shape index (κ2) is 13.4. The standard InChI is InChI=1S/C28H27ClF2N6O5/c1-33-13-15-10-17(5-7-21(15)32)34-26(39)22(8-9-40-2)37-14-23(41-3)20(12-24(37)38)19-11-16(29)4-6-18(19)27-35-36-28(42-27)25(30)31/h4-7,10-14,22,25,32-33H,8-9H2,1-3H3,(H,34,39)/b15-13-,32-21?. The Hall–Kier alpha value is -4.62. The Morgan fingerprint density at radius 1 is 1.19 bits per heavy atom. The van der Waals surface area contributed by atoms with Crippen LogP contribution >= 0.6 is 11.6 Å². The minimum Gasteiger partial charge on any atom is -0.495 e. The van der Waals surface area contributed by atoms with Gasteiger partial charge >= 0.3 is 6.43 Å². The van der Waals surface area contributed by atoms with Gasteiger partial charge in [-0.1, -0.05) is 11.6 Å². The van der Waals surface area contributed by atoms with Gasteiger partial charge in [0.1, 0.15) is 11.8 Å². The van der Waals surface area contributed by atoms with Crippen molar-refractivity contribution in [3.63, 3.8) is 0 Å². The number of benzene rings is 1. The van der Waals surface area contributed by atoms with Crippen molar-refractivity contribution in [2.45, 2.75) is 18.9 Å². The normalized spacial score (nSPS) is 14.7. The minimum absolute atomic E-state index is 0.150. The number of carbonyl (C=O) groups is 1. The Labute approximate surface area is 244 Å². The molecule has 1 aliphatic carbocycles. The van der Waals surface area contributed by atoms with Crippen LogP contribution in [-0.2, 0) is 9.53 Å². The van der Waals surface area contributed by atoms with Gasteiger partial charge in [0.05, 0.1) is 19.0 Å². The van der Waals surface area contributed by atoms with E-state index in [0.29, 0.717) is 21.9 Å². The molecule has 4 rings (SSSR count). The molecule has 0 aliphatic heterocycles. The topological polar surface area (TPSA) is 144 Å². The highest BCUT2D eigenvalue weighted by Crippen LogP contribution is 2.38. The lowest BCUT2D eigenvalue weighted by atomic mass is 9.99. The number of ether oxygens (including phenoxy) is 2. The Bertz CT molecular complexity index is 1650. The minimum atomic E-state index is -2.96. The van der Waals surface area contributed by atoms with E-state index in [-0.39, 0.29) is 41.5 Å². The van der Waals surface area contributed by atoms with Gasteiger partial charge < -0.3 is 29.9 Å². The third-order valence-electron chi connectivity index (χ3n) is 6.25. The van der Waals surface area contributed by atoms with Crippen LogP contribution in [0.5, 0.6) is 5.75 Å². The first-order chi connectivity index (χ1) is 20.2. The van der Waals surface area contributed by atoms with E-state index in [0.717, 1.165) is 0 Å². The summed E-state index contributed by atoms with van der Waals surface area (Å²) in [5.41, 5.74) is 1.52. The van der Waals surface area contributed by atoms with Crippen LogP contribution < -0.4 is 20.9 Å². The maximum Gasteiger partial charge on any atom is 0.314 e. The molecule has 1 aromatic carbocycles. The quantitative estimate of drug-likeness (QED) is 0.293. The van der Waals surface area contributed by atoms with E-state index >= 15 is 0 Å². The molecule has 1 unspecified atom stereocenters. The lowest BCUT2D eigenvalue weighted by Gasteiger charge is -2.22. The van der Waals surface area contributed by atoms with Gasteiger partial charge in [0.2, 0.25) is 11.8 Å². The molecule has 2 aromatic heterocycles. The first-order valence-electron chi connectivity index (χ1n) is 12.5. The van der Waals surface area contributed by atoms with Crippen LogP contribution in [0.1, 0.15) is 24.8 Å². The van der Waals surface area contributed by atoms with E-state index in [9.17, 15) is 18.4 Å². The summed E-state index contributed by atoms with van der Waals surface area (Å²) in [6.07, 6.45) is 4.96. The molecule has 0 radical (unpaired) electrons. The van der Waals surface area contributed by atoms with Crippen LogP contribution in [0.3, 0.4) is 0 Å². The molecule has 14 heteroatoms. The Kier molecular flexibility index (Phi) is 9.65.